The molecule has 2 aromatic rings. The molecule has 0 saturated carbocycles. The zero-order valence-electron chi connectivity index (χ0n) is 10.8. The van der Waals surface area contributed by atoms with Crippen molar-refractivity contribution in [3.63, 3.8) is 0 Å². The molecule has 3 N–H and O–H groups in total. The molecular formula is C12H11N7O2. The number of terminal acetylenes is 1. The highest BCUT2D eigenvalue weighted by atomic mass is 16.5. The molecule has 0 bridgehead atoms. The van der Waals surface area contributed by atoms with Crippen LogP contribution >= 0.6 is 0 Å². The van der Waals surface area contributed by atoms with Gasteiger partial charge >= 0.3 is 0 Å². The minimum atomic E-state index is -1.34. The van der Waals surface area contributed by atoms with Crippen LogP contribution in [0.2, 0.25) is 0 Å². The zero-order valence-corrected chi connectivity index (χ0v) is 10.8. The van der Waals surface area contributed by atoms with E-state index in [-0.39, 0.29) is 17.9 Å². The molecule has 9 nitrogen and oxygen atoms in total. The van der Waals surface area contributed by atoms with Gasteiger partial charge in [0.25, 0.3) is 0 Å². The summed E-state index contributed by atoms with van der Waals surface area (Å²) in [4.78, 5) is 3.82. The van der Waals surface area contributed by atoms with E-state index in [0.717, 1.165) is 0 Å². The average molecular weight is 285 g/mol. The van der Waals surface area contributed by atoms with Crippen molar-refractivity contribution in [2.75, 3.05) is 12.3 Å². The topological polar surface area (TPSA) is 135 Å². The van der Waals surface area contributed by atoms with Crippen LogP contribution in [0.4, 0.5) is 5.82 Å². The highest BCUT2D eigenvalue weighted by Crippen LogP contribution is 2.42. The molecule has 9 heteroatoms. The van der Waals surface area contributed by atoms with Crippen molar-refractivity contribution in [1.29, 1.82) is 5.26 Å². The van der Waals surface area contributed by atoms with Gasteiger partial charge < -0.3 is 15.6 Å². The highest BCUT2D eigenvalue weighted by Gasteiger charge is 2.48. The van der Waals surface area contributed by atoms with Gasteiger partial charge in [-0.1, -0.05) is 5.92 Å². The third-order valence-electron chi connectivity index (χ3n) is 3.45. The Balaban J connectivity index is 2.09. The third-order valence-corrected chi connectivity index (χ3v) is 3.45. The number of ether oxygens (including phenoxy) is 1. The van der Waals surface area contributed by atoms with Crippen molar-refractivity contribution in [1.82, 2.24) is 24.8 Å². The molecule has 2 aromatic heterocycles. The number of aromatic nitrogens is 5. The van der Waals surface area contributed by atoms with Gasteiger partial charge in [-0.2, -0.15) is 14.9 Å². The number of rotatable bonds is 2. The van der Waals surface area contributed by atoms with Gasteiger partial charge in [0.2, 0.25) is 5.65 Å². The number of fused-ring (bicyclic) bond motifs is 1. The third kappa shape index (κ3) is 1.88. The van der Waals surface area contributed by atoms with Crippen molar-refractivity contribution >= 4 is 11.5 Å². The lowest BCUT2D eigenvalue weighted by atomic mass is 9.93. The summed E-state index contributed by atoms with van der Waals surface area (Å²) >= 11 is 0. The molecular weight excluding hydrogens is 274 g/mol. The molecule has 0 amide bonds. The van der Waals surface area contributed by atoms with Crippen LogP contribution in [0, 0.1) is 29.6 Å². The van der Waals surface area contributed by atoms with Crippen LogP contribution in [-0.2, 0) is 4.74 Å². The van der Waals surface area contributed by atoms with E-state index in [4.69, 9.17) is 16.9 Å². The summed E-state index contributed by atoms with van der Waals surface area (Å²) < 4.78 is 7.04. The quantitative estimate of drug-likeness (QED) is 0.675. The Labute approximate surface area is 119 Å². The summed E-state index contributed by atoms with van der Waals surface area (Å²) in [6.45, 7) is -0.452. The summed E-state index contributed by atoms with van der Waals surface area (Å²) in [5.74, 6) is 2.63. The van der Waals surface area contributed by atoms with Crippen molar-refractivity contribution < 1.29 is 9.84 Å². The van der Waals surface area contributed by atoms with Crippen molar-refractivity contribution in [2.45, 2.75) is 18.1 Å². The van der Waals surface area contributed by atoms with E-state index in [9.17, 15) is 10.4 Å². The Morgan fingerprint density at radius 3 is 3.10 bits per heavy atom. The monoisotopic (exact) mass is 285 g/mol. The molecule has 3 atom stereocenters. The fourth-order valence-electron chi connectivity index (χ4n) is 2.36. The molecule has 1 fully saturated rings. The number of nitriles is 1. The van der Waals surface area contributed by atoms with Gasteiger partial charge in [0.15, 0.2) is 17.2 Å². The average Bonchev–Trinajstić information content (AvgIpc) is 3.09. The lowest BCUT2D eigenvalue weighted by molar-refractivity contribution is -0.0427. The van der Waals surface area contributed by atoms with Gasteiger partial charge in [0.1, 0.15) is 18.5 Å². The first-order chi connectivity index (χ1) is 10.1. The Kier molecular flexibility index (Phi) is 2.94. The van der Waals surface area contributed by atoms with Crippen molar-refractivity contribution in [3.8, 4) is 18.4 Å². The SMILES string of the molecule is C#C[C@H]1C[C@@](C#N)(CO)O[C@H]1c1nnc2c(N)ncnn12. The minimum Gasteiger partial charge on any atom is -0.392 e. The van der Waals surface area contributed by atoms with Crippen molar-refractivity contribution in [3.05, 3.63) is 12.2 Å². The van der Waals surface area contributed by atoms with Gasteiger partial charge in [-0.05, 0) is 0 Å². The summed E-state index contributed by atoms with van der Waals surface area (Å²) in [5, 5.41) is 30.5. The molecule has 1 aliphatic rings. The second-order valence-corrected chi connectivity index (χ2v) is 4.72. The van der Waals surface area contributed by atoms with Crippen LogP contribution in [0.15, 0.2) is 6.33 Å². The number of aliphatic hydroxyl groups is 1. The van der Waals surface area contributed by atoms with Crippen LogP contribution in [0.5, 0.6) is 0 Å². The first-order valence-corrected chi connectivity index (χ1v) is 6.12. The number of anilines is 1. The van der Waals surface area contributed by atoms with E-state index < -0.39 is 24.2 Å². The van der Waals surface area contributed by atoms with E-state index in [1.807, 2.05) is 6.07 Å². The molecule has 0 unspecified atom stereocenters. The smallest absolute Gasteiger partial charge is 0.220 e. The van der Waals surface area contributed by atoms with Crippen LogP contribution in [0.25, 0.3) is 5.65 Å². The van der Waals surface area contributed by atoms with Gasteiger partial charge in [0.05, 0.1) is 12.5 Å². The molecule has 1 saturated heterocycles. The van der Waals surface area contributed by atoms with Gasteiger partial charge in [-0.3, -0.25) is 0 Å². The predicted octanol–water partition coefficient (Wildman–Crippen LogP) is -0.933. The van der Waals surface area contributed by atoms with Crippen LogP contribution in [0.3, 0.4) is 0 Å². The molecule has 1 aliphatic heterocycles. The lowest BCUT2D eigenvalue weighted by Gasteiger charge is -2.17. The molecule has 3 heterocycles. The fraction of sp³-hybridized carbons (Fsp3) is 0.417. The second-order valence-electron chi connectivity index (χ2n) is 4.72. The van der Waals surface area contributed by atoms with Gasteiger partial charge in [-0.15, -0.1) is 16.6 Å². The molecule has 106 valence electrons. The van der Waals surface area contributed by atoms with Crippen LogP contribution < -0.4 is 5.73 Å². The Morgan fingerprint density at radius 1 is 1.62 bits per heavy atom. The van der Waals surface area contributed by atoms with Crippen LogP contribution in [-0.4, -0.2) is 42.1 Å². The maximum Gasteiger partial charge on any atom is 0.220 e. The van der Waals surface area contributed by atoms with Crippen molar-refractivity contribution in [2.24, 2.45) is 5.92 Å². The summed E-state index contributed by atoms with van der Waals surface area (Å²) in [6.07, 6.45) is 6.26. The first-order valence-electron chi connectivity index (χ1n) is 6.12. The van der Waals surface area contributed by atoms with E-state index in [1.54, 1.807) is 0 Å². The lowest BCUT2D eigenvalue weighted by Crippen LogP contribution is -2.30. The van der Waals surface area contributed by atoms with Crippen LogP contribution in [0.1, 0.15) is 18.3 Å². The number of nitrogens with two attached hydrogens (primary N) is 1. The molecule has 0 aromatic carbocycles. The Morgan fingerprint density at radius 2 is 2.43 bits per heavy atom. The largest absolute Gasteiger partial charge is 0.392 e. The minimum absolute atomic E-state index is 0.174. The number of nitrogens with zero attached hydrogens (tertiary/aromatic N) is 6. The number of nitrogen functional groups attached to an aromatic ring is 1. The highest BCUT2D eigenvalue weighted by molar-refractivity contribution is 5.57. The predicted molar refractivity (Wildman–Crippen MR) is 69.2 cm³/mol. The normalized spacial score (nSPS) is 28.3. The molecule has 0 spiro atoms. The van der Waals surface area contributed by atoms with Gasteiger partial charge in [0, 0.05) is 6.42 Å². The summed E-state index contributed by atoms with van der Waals surface area (Å²) in [5.41, 5.74) is 4.63. The van der Waals surface area contributed by atoms with E-state index >= 15 is 0 Å². The first kappa shape index (κ1) is 13.2. The molecule has 21 heavy (non-hydrogen) atoms. The standard InChI is InChI=1S/C12H11N7O2/c1-2-7-3-12(4-13,5-20)21-8(7)10-17-18-11-9(14)15-6-16-19(10)11/h1,6-8,20H,3,5H2,(H2,14,15,16)/t7-,8+,12+/m0/s1. The van der Waals surface area contributed by atoms with Gasteiger partial charge in [-0.25, -0.2) is 4.98 Å². The maximum atomic E-state index is 9.40. The number of aliphatic hydroxyl groups excluding tert-OH is 1. The van der Waals surface area contributed by atoms with E-state index in [1.165, 1.54) is 10.8 Å². The second kappa shape index (κ2) is 4.66. The summed E-state index contributed by atoms with van der Waals surface area (Å²) in [6, 6.07) is 1.96. The van der Waals surface area contributed by atoms with E-state index in [0.29, 0.717) is 5.82 Å². The zero-order chi connectivity index (χ0) is 15.0. The molecule has 0 radical (unpaired) electrons. The van der Waals surface area contributed by atoms with E-state index in [2.05, 4.69) is 26.2 Å². The fourth-order valence-corrected chi connectivity index (χ4v) is 2.36. The number of hydrogen-bond acceptors (Lipinski definition) is 8. The maximum absolute atomic E-state index is 9.40. The molecule has 3 rings (SSSR count). The number of hydrogen-bond donors (Lipinski definition) is 2. The Bertz CT molecular complexity index is 774. The summed E-state index contributed by atoms with van der Waals surface area (Å²) in [7, 11) is 0. The molecule has 0 aliphatic carbocycles. The Hall–Kier alpha value is -2.75.